The zero-order valence-electron chi connectivity index (χ0n) is 26.0. The molecule has 264 valence electrons. The number of hydrogen-bond acceptors (Lipinski definition) is 7. The van der Waals surface area contributed by atoms with Crippen LogP contribution in [-0.4, -0.2) is 66.0 Å². The van der Waals surface area contributed by atoms with Crippen molar-refractivity contribution in [1.29, 1.82) is 5.41 Å². The van der Waals surface area contributed by atoms with Crippen LogP contribution in [0.1, 0.15) is 62.2 Å². The average Bonchev–Trinajstić information content (AvgIpc) is 3.54. The minimum atomic E-state index is -3.08. The highest BCUT2D eigenvalue weighted by atomic mass is 35.5. The number of rotatable bonds is 12. The first kappa shape index (κ1) is 34.7. The summed E-state index contributed by atoms with van der Waals surface area (Å²) in [5, 5.41) is 21.4. The van der Waals surface area contributed by atoms with Crippen molar-refractivity contribution in [3.8, 4) is 16.8 Å². The molecule has 6 rings (SSSR count). The van der Waals surface area contributed by atoms with Crippen molar-refractivity contribution < 1.29 is 40.7 Å². The summed E-state index contributed by atoms with van der Waals surface area (Å²) in [7, 11) is 0. The maximum Gasteiger partial charge on any atom is 0.407 e. The first-order valence-corrected chi connectivity index (χ1v) is 15.6. The van der Waals surface area contributed by atoms with E-state index in [1.54, 1.807) is 24.3 Å². The second kappa shape index (κ2) is 13.3. The highest BCUT2D eigenvalue weighted by molar-refractivity contribution is 6.32. The molecular formula is C31H28ClF6N9O3. The quantitative estimate of drug-likeness (QED) is 0.145. The van der Waals surface area contributed by atoms with Crippen LogP contribution in [0.3, 0.4) is 0 Å². The zero-order valence-corrected chi connectivity index (χ0v) is 26.7. The molecule has 2 aliphatic rings. The molecule has 12 nitrogen and oxygen atoms in total. The minimum Gasteiger partial charge on any atom is -0.447 e. The molecule has 0 bridgehead atoms. The first-order chi connectivity index (χ1) is 23.8. The third kappa shape index (κ3) is 6.46. The van der Waals surface area contributed by atoms with Crippen LogP contribution in [0.4, 0.5) is 31.1 Å². The fourth-order valence-electron chi connectivity index (χ4n) is 5.86. The SMILES string of the molecule is CCC[C@]1(c2ccc(-c3cnn(C(F)F)c3)cc2)NC(=N)N([C@H](COC(=O)N[C@@H]2CC2(F)F)c2ccc(Cl)c(-n3ncnc3C(F)F)c2)C1=O. The number of ether oxygens (including phenoxy) is 1. The van der Waals surface area contributed by atoms with E-state index in [4.69, 9.17) is 21.7 Å². The normalized spacial score (nSPS) is 20.4. The van der Waals surface area contributed by atoms with E-state index in [0.29, 0.717) is 27.8 Å². The molecule has 50 heavy (non-hydrogen) atoms. The summed E-state index contributed by atoms with van der Waals surface area (Å²) in [6.45, 7) is -1.65. The van der Waals surface area contributed by atoms with Crippen LogP contribution < -0.4 is 10.6 Å². The summed E-state index contributed by atoms with van der Waals surface area (Å²) in [6.07, 6.45) is -0.804. The van der Waals surface area contributed by atoms with Gasteiger partial charge in [-0.25, -0.2) is 36.7 Å². The van der Waals surface area contributed by atoms with E-state index in [9.17, 15) is 35.9 Å². The van der Waals surface area contributed by atoms with E-state index < -0.39 is 73.3 Å². The molecule has 2 amide bonds. The van der Waals surface area contributed by atoms with Crippen molar-refractivity contribution in [2.45, 2.75) is 62.7 Å². The number of hydrogen-bond donors (Lipinski definition) is 3. The van der Waals surface area contributed by atoms with Gasteiger partial charge in [-0.3, -0.25) is 15.1 Å². The number of alkyl carbamates (subject to hydrolysis) is 1. The monoisotopic (exact) mass is 723 g/mol. The van der Waals surface area contributed by atoms with Crippen molar-refractivity contribution >= 4 is 29.6 Å². The van der Waals surface area contributed by atoms with Crippen molar-refractivity contribution in [2.24, 2.45) is 0 Å². The van der Waals surface area contributed by atoms with E-state index in [0.717, 1.165) is 15.9 Å². The van der Waals surface area contributed by atoms with E-state index >= 15 is 0 Å². The average molecular weight is 724 g/mol. The lowest BCUT2D eigenvalue weighted by molar-refractivity contribution is -0.134. The number of guanidine groups is 1. The van der Waals surface area contributed by atoms with Gasteiger partial charge >= 0.3 is 12.6 Å². The summed E-state index contributed by atoms with van der Waals surface area (Å²) < 4.78 is 87.2. The fourth-order valence-corrected chi connectivity index (χ4v) is 6.06. The molecule has 3 atom stereocenters. The fraction of sp³-hybridized carbons (Fsp3) is 0.355. The molecule has 1 aliphatic heterocycles. The number of benzene rings is 2. The Morgan fingerprint density at radius 2 is 1.86 bits per heavy atom. The standard InChI is InChI=1S/C31H28ClF6N9O3/c1-2-9-30(19-6-3-16(4-7-19)18-12-41-45(13-18)27(35)36)26(48)46(28(39)44-30)22(14-50-29(49)43-23-11-31(23,37)38)17-5-8-20(32)21(10-17)47-25(24(33)34)40-15-42-47/h3-8,10,12-13,15,22-24,27H,2,9,11,14H2,1H3,(H2,39,44)(H,43,49)/t22-,23-,30-/m1/s1. The van der Waals surface area contributed by atoms with Crippen molar-refractivity contribution in [2.75, 3.05) is 6.61 Å². The molecule has 2 aromatic carbocycles. The van der Waals surface area contributed by atoms with E-state index in [1.165, 1.54) is 30.6 Å². The van der Waals surface area contributed by atoms with Gasteiger partial charge in [0.15, 0.2) is 11.8 Å². The second-order valence-electron chi connectivity index (χ2n) is 11.7. The van der Waals surface area contributed by atoms with Gasteiger partial charge in [-0.1, -0.05) is 55.3 Å². The predicted octanol–water partition coefficient (Wildman–Crippen LogP) is 6.35. The van der Waals surface area contributed by atoms with Crippen LogP contribution in [0.5, 0.6) is 0 Å². The summed E-state index contributed by atoms with van der Waals surface area (Å²) in [4.78, 5) is 31.7. The number of nitrogens with one attached hydrogen (secondary N) is 3. The van der Waals surface area contributed by atoms with Crippen LogP contribution in [0.25, 0.3) is 16.8 Å². The van der Waals surface area contributed by atoms with Gasteiger partial charge in [0.25, 0.3) is 18.3 Å². The third-order valence-corrected chi connectivity index (χ3v) is 8.77. The molecule has 2 fully saturated rings. The molecule has 2 aromatic heterocycles. The Morgan fingerprint density at radius 3 is 2.48 bits per heavy atom. The Kier molecular flexibility index (Phi) is 9.23. The van der Waals surface area contributed by atoms with Gasteiger partial charge in [-0.05, 0) is 35.2 Å². The molecule has 1 saturated carbocycles. The molecule has 19 heteroatoms. The molecule has 3 N–H and O–H groups in total. The predicted molar refractivity (Wildman–Crippen MR) is 165 cm³/mol. The second-order valence-corrected chi connectivity index (χ2v) is 12.1. The van der Waals surface area contributed by atoms with Crippen molar-refractivity contribution in [3.05, 3.63) is 83.2 Å². The van der Waals surface area contributed by atoms with E-state index in [2.05, 4.69) is 25.8 Å². The van der Waals surface area contributed by atoms with Gasteiger partial charge in [0, 0.05) is 18.2 Å². The van der Waals surface area contributed by atoms with Gasteiger partial charge in [-0.15, -0.1) is 0 Å². The maximum atomic E-state index is 14.5. The smallest absolute Gasteiger partial charge is 0.407 e. The van der Waals surface area contributed by atoms with Crippen molar-refractivity contribution in [3.63, 3.8) is 0 Å². The van der Waals surface area contributed by atoms with E-state index in [-0.39, 0.29) is 22.7 Å². The van der Waals surface area contributed by atoms with Crippen LogP contribution in [0.2, 0.25) is 5.02 Å². The highest BCUT2D eigenvalue weighted by Crippen LogP contribution is 2.42. The van der Waals surface area contributed by atoms with Gasteiger partial charge in [-0.2, -0.15) is 19.0 Å². The number of amides is 2. The Morgan fingerprint density at radius 1 is 1.14 bits per heavy atom. The van der Waals surface area contributed by atoms with Crippen LogP contribution in [-0.2, 0) is 15.1 Å². The molecule has 0 unspecified atom stereocenters. The highest BCUT2D eigenvalue weighted by Gasteiger charge is 2.58. The third-order valence-electron chi connectivity index (χ3n) is 8.45. The van der Waals surface area contributed by atoms with Gasteiger partial charge in [0.05, 0.1) is 22.9 Å². The van der Waals surface area contributed by atoms with Crippen LogP contribution in [0.15, 0.2) is 61.2 Å². The summed E-state index contributed by atoms with van der Waals surface area (Å²) in [5.74, 6) is -4.85. The van der Waals surface area contributed by atoms with Crippen LogP contribution in [0, 0.1) is 5.41 Å². The Hall–Kier alpha value is -5.13. The zero-order chi connectivity index (χ0) is 36.0. The lowest BCUT2D eigenvalue weighted by atomic mass is 9.84. The Labute approximate surface area is 284 Å². The first-order valence-electron chi connectivity index (χ1n) is 15.2. The lowest BCUT2D eigenvalue weighted by Gasteiger charge is -2.30. The molecule has 0 spiro atoms. The largest absolute Gasteiger partial charge is 0.447 e. The number of alkyl halides is 6. The summed E-state index contributed by atoms with van der Waals surface area (Å²) in [5.41, 5.74) is -0.0343. The maximum absolute atomic E-state index is 14.5. The minimum absolute atomic E-state index is 0.0185. The van der Waals surface area contributed by atoms with E-state index in [1.807, 2.05) is 6.92 Å². The number of halogens is 7. The molecule has 1 saturated heterocycles. The molecule has 3 heterocycles. The summed E-state index contributed by atoms with van der Waals surface area (Å²) >= 11 is 6.37. The number of carbonyl (C=O) groups is 2. The summed E-state index contributed by atoms with van der Waals surface area (Å²) in [6, 6.07) is 7.82. The lowest BCUT2D eigenvalue weighted by Crippen LogP contribution is -2.44. The Bertz CT molecular complexity index is 1920. The number of nitrogens with zero attached hydrogens (tertiary/aromatic N) is 6. The Balaban J connectivity index is 1.36. The topological polar surface area (TPSA) is 143 Å². The number of aromatic nitrogens is 5. The van der Waals surface area contributed by atoms with Gasteiger partial charge < -0.3 is 15.4 Å². The molecule has 1 aliphatic carbocycles. The van der Waals surface area contributed by atoms with Crippen molar-refractivity contribution in [1.82, 2.24) is 40.1 Å². The van der Waals surface area contributed by atoms with Crippen LogP contribution >= 0.6 is 11.6 Å². The molecular weight excluding hydrogens is 696 g/mol. The molecule has 0 radical (unpaired) electrons. The number of carbonyl (C=O) groups excluding carboxylic acids is 2. The van der Waals surface area contributed by atoms with Gasteiger partial charge in [0.2, 0.25) is 0 Å². The van der Waals surface area contributed by atoms with Gasteiger partial charge in [0.1, 0.15) is 24.5 Å². The molecule has 4 aromatic rings.